The van der Waals surface area contributed by atoms with Crippen molar-refractivity contribution in [3.63, 3.8) is 0 Å². The van der Waals surface area contributed by atoms with E-state index in [1.807, 2.05) is 12.1 Å². The van der Waals surface area contributed by atoms with Crippen LogP contribution in [0.4, 0.5) is 8.78 Å². The van der Waals surface area contributed by atoms with Gasteiger partial charge in [0.05, 0.1) is 0 Å². The zero-order valence-electron chi connectivity index (χ0n) is 12.9. The number of nitrogens with one attached hydrogen (secondary N) is 1. The summed E-state index contributed by atoms with van der Waals surface area (Å²) in [6.45, 7) is 1.38. The summed E-state index contributed by atoms with van der Waals surface area (Å²) in [7, 11) is 0. The molecule has 1 aliphatic heterocycles. The minimum Gasteiger partial charge on any atom is -0.435 e. The van der Waals surface area contributed by atoms with Gasteiger partial charge < -0.3 is 10.1 Å². The molecule has 0 bridgehead atoms. The summed E-state index contributed by atoms with van der Waals surface area (Å²) < 4.78 is 28.9. The number of ether oxygens (including phenoxy) is 1. The second-order valence-corrected chi connectivity index (χ2v) is 5.93. The molecule has 0 spiro atoms. The Morgan fingerprint density at radius 2 is 1.70 bits per heavy atom. The van der Waals surface area contributed by atoms with Crippen molar-refractivity contribution in [2.45, 2.75) is 31.9 Å². The average molecular weight is 369 g/mol. The lowest BCUT2D eigenvalue weighted by molar-refractivity contribution is -0.0498. The van der Waals surface area contributed by atoms with Crippen LogP contribution in [0.2, 0.25) is 0 Å². The van der Waals surface area contributed by atoms with Gasteiger partial charge in [-0.1, -0.05) is 25.0 Å². The standard InChI is InChI=1S/C16H22F2N2O.2ClH/c17-16(18)21-14-5-3-13(4-6-14)15(11-12-1-2-12)20-9-7-19-8-10-20;;/h3-6,12,15-16,19H,1-2,7-11H2;2*1H/t15-;;/m0../s1. The molecule has 132 valence electrons. The lowest BCUT2D eigenvalue weighted by Crippen LogP contribution is -2.45. The molecule has 0 unspecified atom stereocenters. The Morgan fingerprint density at radius 1 is 1.09 bits per heavy atom. The van der Waals surface area contributed by atoms with E-state index in [0.717, 1.165) is 32.1 Å². The predicted molar refractivity (Wildman–Crippen MR) is 92.1 cm³/mol. The zero-order valence-corrected chi connectivity index (χ0v) is 14.6. The molecule has 2 fully saturated rings. The monoisotopic (exact) mass is 368 g/mol. The van der Waals surface area contributed by atoms with Crippen molar-refractivity contribution in [1.82, 2.24) is 10.2 Å². The summed E-state index contributed by atoms with van der Waals surface area (Å²) in [4.78, 5) is 2.51. The third-order valence-corrected chi connectivity index (χ3v) is 4.34. The van der Waals surface area contributed by atoms with Crippen molar-refractivity contribution < 1.29 is 13.5 Å². The van der Waals surface area contributed by atoms with E-state index in [4.69, 9.17) is 0 Å². The Morgan fingerprint density at radius 3 is 2.22 bits per heavy atom. The van der Waals surface area contributed by atoms with Crippen molar-refractivity contribution >= 4 is 24.8 Å². The van der Waals surface area contributed by atoms with Gasteiger partial charge in [0.25, 0.3) is 0 Å². The van der Waals surface area contributed by atoms with Crippen LogP contribution in [0, 0.1) is 5.92 Å². The highest BCUT2D eigenvalue weighted by Crippen LogP contribution is 2.40. The lowest BCUT2D eigenvalue weighted by atomic mass is 9.98. The van der Waals surface area contributed by atoms with Crippen LogP contribution >= 0.6 is 24.8 Å². The quantitative estimate of drug-likeness (QED) is 0.824. The fourth-order valence-corrected chi connectivity index (χ4v) is 3.03. The Balaban J connectivity index is 0.00000132. The maximum atomic E-state index is 12.2. The Kier molecular flexibility index (Phi) is 8.54. The van der Waals surface area contributed by atoms with Crippen LogP contribution < -0.4 is 10.1 Å². The third kappa shape index (κ3) is 6.07. The molecular weight excluding hydrogens is 345 g/mol. The van der Waals surface area contributed by atoms with E-state index >= 15 is 0 Å². The van der Waals surface area contributed by atoms with Crippen LogP contribution in [0.25, 0.3) is 0 Å². The van der Waals surface area contributed by atoms with Crippen LogP contribution in [0.15, 0.2) is 24.3 Å². The molecule has 1 aliphatic carbocycles. The van der Waals surface area contributed by atoms with Gasteiger partial charge in [-0.25, -0.2) is 0 Å². The number of rotatable bonds is 6. The van der Waals surface area contributed by atoms with Crippen molar-refractivity contribution in [2.75, 3.05) is 26.2 Å². The zero-order chi connectivity index (χ0) is 14.7. The van der Waals surface area contributed by atoms with Gasteiger partial charge in [0.15, 0.2) is 0 Å². The smallest absolute Gasteiger partial charge is 0.387 e. The summed E-state index contributed by atoms with van der Waals surface area (Å²) in [6, 6.07) is 7.59. The van der Waals surface area contributed by atoms with E-state index < -0.39 is 6.61 Å². The summed E-state index contributed by atoms with van der Waals surface area (Å²) in [6.07, 6.45) is 3.83. The number of halogens is 4. The SMILES string of the molecule is Cl.Cl.FC(F)Oc1ccc([C@H](CC2CC2)N2CCNCC2)cc1. The third-order valence-electron chi connectivity index (χ3n) is 4.34. The van der Waals surface area contributed by atoms with Crippen LogP contribution in [-0.4, -0.2) is 37.7 Å². The molecule has 1 N–H and O–H groups in total. The number of benzene rings is 1. The summed E-state index contributed by atoms with van der Waals surface area (Å²) in [5.41, 5.74) is 1.21. The van der Waals surface area contributed by atoms with E-state index in [9.17, 15) is 8.78 Å². The van der Waals surface area contributed by atoms with Gasteiger partial charge in [0.1, 0.15) is 5.75 Å². The minimum absolute atomic E-state index is 0. The van der Waals surface area contributed by atoms with Crippen molar-refractivity contribution in [1.29, 1.82) is 0 Å². The molecule has 1 saturated carbocycles. The molecule has 1 heterocycles. The topological polar surface area (TPSA) is 24.5 Å². The van der Waals surface area contributed by atoms with Crippen molar-refractivity contribution in [2.24, 2.45) is 5.92 Å². The van der Waals surface area contributed by atoms with Gasteiger partial charge in [-0.2, -0.15) is 8.78 Å². The molecule has 3 rings (SSSR count). The summed E-state index contributed by atoms with van der Waals surface area (Å²) in [5.74, 6) is 1.07. The molecule has 1 saturated heterocycles. The van der Waals surface area contributed by atoms with Gasteiger partial charge in [-0.05, 0) is 30.0 Å². The Labute approximate surface area is 148 Å². The summed E-state index contributed by atoms with van der Waals surface area (Å²) in [5, 5.41) is 3.38. The first kappa shape index (κ1) is 20.4. The van der Waals surface area contributed by atoms with E-state index in [2.05, 4.69) is 15.0 Å². The second kappa shape index (κ2) is 9.62. The maximum Gasteiger partial charge on any atom is 0.387 e. The van der Waals surface area contributed by atoms with Gasteiger partial charge in [-0.3, -0.25) is 4.90 Å². The molecule has 23 heavy (non-hydrogen) atoms. The number of piperazine rings is 1. The van der Waals surface area contributed by atoms with E-state index in [1.54, 1.807) is 12.1 Å². The molecule has 1 aromatic rings. The van der Waals surface area contributed by atoms with Crippen LogP contribution in [0.1, 0.15) is 30.9 Å². The minimum atomic E-state index is -2.76. The molecule has 0 radical (unpaired) electrons. The van der Waals surface area contributed by atoms with E-state index in [1.165, 1.54) is 24.8 Å². The highest BCUT2D eigenvalue weighted by atomic mass is 35.5. The molecule has 1 atom stereocenters. The predicted octanol–water partition coefficient (Wildman–Crippen LogP) is 3.88. The number of nitrogens with zero attached hydrogens (tertiary/aromatic N) is 1. The van der Waals surface area contributed by atoms with Crippen LogP contribution in [0.3, 0.4) is 0 Å². The first-order valence-electron chi connectivity index (χ1n) is 7.72. The van der Waals surface area contributed by atoms with E-state index in [0.29, 0.717) is 6.04 Å². The summed E-state index contributed by atoms with van der Waals surface area (Å²) >= 11 is 0. The Bertz CT molecular complexity index is 452. The first-order chi connectivity index (χ1) is 10.2. The fraction of sp³-hybridized carbons (Fsp3) is 0.625. The van der Waals surface area contributed by atoms with Gasteiger partial charge in [0, 0.05) is 32.2 Å². The first-order valence-corrected chi connectivity index (χ1v) is 7.72. The van der Waals surface area contributed by atoms with Gasteiger partial charge >= 0.3 is 6.61 Å². The number of hydrogen-bond donors (Lipinski definition) is 1. The molecule has 7 heteroatoms. The Hall–Kier alpha value is -0.620. The molecule has 1 aromatic carbocycles. The molecular formula is C16H24Cl2F2N2O. The average Bonchev–Trinajstić information content (AvgIpc) is 3.30. The fourth-order valence-electron chi connectivity index (χ4n) is 3.03. The number of alkyl halides is 2. The normalized spacial score (nSPS) is 19.6. The lowest BCUT2D eigenvalue weighted by Gasteiger charge is -2.35. The van der Waals surface area contributed by atoms with Crippen molar-refractivity contribution in [3.8, 4) is 5.75 Å². The molecule has 0 aromatic heterocycles. The highest BCUT2D eigenvalue weighted by Gasteiger charge is 2.30. The highest BCUT2D eigenvalue weighted by molar-refractivity contribution is 5.85. The van der Waals surface area contributed by atoms with Crippen molar-refractivity contribution in [3.05, 3.63) is 29.8 Å². The molecule has 2 aliphatic rings. The molecule has 0 amide bonds. The number of hydrogen-bond acceptors (Lipinski definition) is 3. The van der Waals surface area contributed by atoms with E-state index in [-0.39, 0.29) is 30.6 Å². The molecule has 3 nitrogen and oxygen atoms in total. The largest absolute Gasteiger partial charge is 0.435 e. The van der Waals surface area contributed by atoms with Crippen LogP contribution in [0.5, 0.6) is 5.75 Å². The van der Waals surface area contributed by atoms with Gasteiger partial charge in [0.2, 0.25) is 0 Å². The second-order valence-electron chi connectivity index (χ2n) is 5.93. The van der Waals surface area contributed by atoms with Crippen LogP contribution in [-0.2, 0) is 0 Å². The maximum absolute atomic E-state index is 12.2. The van der Waals surface area contributed by atoms with Gasteiger partial charge in [-0.15, -0.1) is 24.8 Å².